The van der Waals surface area contributed by atoms with Crippen LogP contribution in [0.4, 0.5) is 5.69 Å². The van der Waals surface area contributed by atoms with Crippen LogP contribution in [0.2, 0.25) is 0 Å². The van der Waals surface area contributed by atoms with E-state index in [2.05, 4.69) is 10.0 Å². The third-order valence-corrected chi connectivity index (χ3v) is 4.92. The Kier molecular flexibility index (Phi) is 5.09. The molecular formula is C13H17N3O5S. The van der Waals surface area contributed by atoms with E-state index in [0.717, 1.165) is 49.9 Å². The van der Waals surface area contributed by atoms with E-state index in [-0.39, 0.29) is 29.1 Å². The number of carbonyl (C=O) groups excluding carboxylic acids is 1. The Morgan fingerprint density at radius 3 is 2.36 bits per heavy atom. The molecule has 2 N–H and O–H groups in total. The van der Waals surface area contributed by atoms with Gasteiger partial charge in [-0.2, -0.15) is 0 Å². The van der Waals surface area contributed by atoms with Crippen LogP contribution in [0.5, 0.6) is 0 Å². The van der Waals surface area contributed by atoms with E-state index in [1.807, 2.05) is 0 Å². The molecule has 1 aliphatic rings. The zero-order valence-electron chi connectivity index (χ0n) is 11.8. The number of sulfonamides is 1. The fourth-order valence-electron chi connectivity index (χ4n) is 2.34. The molecule has 0 atom stereocenters. The minimum Gasteiger partial charge on any atom is -0.352 e. The SMILES string of the molecule is O=C(CNS(=O)(=O)c1ccc([N+](=O)[O-])cc1)NC1CCCC1. The summed E-state index contributed by atoms with van der Waals surface area (Å²) in [6.45, 7) is -0.351. The highest BCUT2D eigenvalue weighted by atomic mass is 32.2. The molecular weight excluding hydrogens is 310 g/mol. The molecule has 1 amide bonds. The first kappa shape index (κ1) is 16.4. The second-order valence-corrected chi connectivity index (χ2v) is 6.89. The standard InChI is InChI=1S/C13H17N3O5S/c17-13(15-10-3-1-2-4-10)9-14-22(20,21)12-7-5-11(6-8-12)16(18)19/h5-8,10,14H,1-4,9H2,(H,15,17). The lowest BCUT2D eigenvalue weighted by atomic mass is 10.2. The molecule has 120 valence electrons. The fourth-order valence-corrected chi connectivity index (χ4v) is 3.32. The van der Waals surface area contributed by atoms with Crippen LogP contribution in [0.3, 0.4) is 0 Å². The van der Waals surface area contributed by atoms with Crippen LogP contribution in [0.15, 0.2) is 29.2 Å². The highest BCUT2D eigenvalue weighted by Gasteiger charge is 2.20. The predicted molar refractivity (Wildman–Crippen MR) is 78.7 cm³/mol. The largest absolute Gasteiger partial charge is 0.352 e. The first-order chi connectivity index (χ1) is 10.4. The summed E-state index contributed by atoms with van der Waals surface area (Å²) in [7, 11) is -3.86. The Morgan fingerprint density at radius 2 is 1.82 bits per heavy atom. The lowest BCUT2D eigenvalue weighted by Crippen LogP contribution is -2.40. The summed E-state index contributed by atoms with van der Waals surface area (Å²) in [5.41, 5.74) is -0.196. The van der Waals surface area contributed by atoms with Crippen LogP contribution in [0, 0.1) is 10.1 Å². The second-order valence-electron chi connectivity index (χ2n) is 5.12. The van der Waals surface area contributed by atoms with Gasteiger partial charge in [0.05, 0.1) is 16.4 Å². The maximum absolute atomic E-state index is 12.0. The number of nitro groups is 1. The molecule has 9 heteroatoms. The number of rotatable bonds is 6. The van der Waals surface area contributed by atoms with Gasteiger partial charge in [-0.25, -0.2) is 13.1 Å². The van der Waals surface area contributed by atoms with E-state index in [9.17, 15) is 23.3 Å². The number of amides is 1. The molecule has 0 saturated heterocycles. The average Bonchev–Trinajstić information content (AvgIpc) is 2.98. The first-order valence-electron chi connectivity index (χ1n) is 6.92. The van der Waals surface area contributed by atoms with Gasteiger partial charge in [-0.15, -0.1) is 0 Å². The second kappa shape index (κ2) is 6.84. The van der Waals surface area contributed by atoms with E-state index in [1.165, 1.54) is 0 Å². The van der Waals surface area contributed by atoms with Crippen LogP contribution >= 0.6 is 0 Å². The Morgan fingerprint density at radius 1 is 1.23 bits per heavy atom. The van der Waals surface area contributed by atoms with E-state index in [1.54, 1.807) is 0 Å². The van der Waals surface area contributed by atoms with Gasteiger partial charge in [-0.1, -0.05) is 12.8 Å². The summed E-state index contributed by atoms with van der Waals surface area (Å²) in [5, 5.41) is 13.3. The van der Waals surface area contributed by atoms with Crippen molar-refractivity contribution in [1.29, 1.82) is 0 Å². The topological polar surface area (TPSA) is 118 Å². The van der Waals surface area contributed by atoms with Crippen LogP contribution in [0.25, 0.3) is 0 Å². The molecule has 0 aliphatic heterocycles. The summed E-state index contributed by atoms with van der Waals surface area (Å²) < 4.78 is 26.2. The van der Waals surface area contributed by atoms with Gasteiger partial charge < -0.3 is 5.32 Å². The molecule has 0 radical (unpaired) electrons. The fraction of sp³-hybridized carbons (Fsp3) is 0.462. The summed E-state index contributed by atoms with van der Waals surface area (Å²) in [5.74, 6) is -0.377. The summed E-state index contributed by atoms with van der Waals surface area (Å²) >= 11 is 0. The molecule has 0 aromatic heterocycles. The Balaban J connectivity index is 1.92. The molecule has 1 saturated carbocycles. The Bertz CT molecular complexity index is 651. The van der Waals surface area contributed by atoms with Crippen LogP contribution in [0.1, 0.15) is 25.7 Å². The molecule has 8 nitrogen and oxygen atoms in total. The molecule has 2 rings (SSSR count). The number of nitrogens with zero attached hydrogens (tertiary/aromatic N) is 1. The van der Waals surface area contributed by atoms with Crippen molar-refractivity contribution in [3.63, 3.8) is 0 Å². The molecule has 22 heavy (non-hydrogen) atoms. The average molecular weight is 327 g/mol. The number of hydrogen-bond donors (Lipinski definition) is 2. The van der Waals surface area contributed by atoms with Gasteiger partial charge in [0.25, 0.3) is 5.69 Å². The maximum Gasteiger partial charge on any atom is 0.269 e. The maximum atomic E-state index is 12.0. The van der Waals surface area contributed by atoms with E-state index >= 15 is 0 Å². The predicted octanol–water partition coefficient (Wildman–Crippen LogP) is 0.932. The van der Waals surface area contributed by atoms with E-state index in [4.69, 9.17) is 0 Å². The zero-order valence-corrected chi connectivity index (χ0v) is 12.6. The van der Waals surface area contributed by atoms with Crippen LogP contribution in [-0.4, -0.2) is 31.8 Å². The third kappa shape index (κ3) is 4.25. The quantitative estimate of drug-likeness (QED) is 0.595. The smallest absolute Gasteiger partial charge is 0.269 e. The van der Waals surface area contributed by atoms with Crippen molar-refractivity contribution >= 4 is 21.6 Å². The molecule has 0 heterocycles. The molecule has 1 aromatic rings. The molecule has 1 fully saturated rings. The zero-order chi connectivity index (χ0) is 16.2. The first-order valence-corrected chi connectivity index (χ1v) is 8.40. The van der Waals surface area contributed by atoms with Gasteiger partial charge in [-0.3, -0.25) is 14.9 Å². The summed E-state index contributed by atoms with van der Waals surface area (Å²) in [4.78, 5) is 21.5. The Hall–Kier alpha value is -2.00. The van der Waals surface area contributed by atoms with Crippen LogP contribution < -0.4 is 10.0 Å². The minimum atomic E-state index is -3.86. The van der Waals surface area contributed by atoms with Gasteiger partial charge >= 0.3 is 0 Å². The van der Waals surface area contributed by atoms with Crippen LogP contribution in [-0.2, 0) is 14.8 Å². The number of non-ortho nitro benzene ring substituents is 1. The van der Waals surface area contributed by atoms with Gasteiger partial charge in [0, 0.05) is 18.2 Å². The van der Waals surface area contributed by atoms with Crippen molar-refractivity contribution in [2.75, 3.05) is 6.54 Å². The number of carbonyl (C=O) groups is 1. The van der Waals surface area contributed by atoms with Gasteiger partial charge in [0.2, 0.25) is 15.9 Å². The van der Waals surface area contributed by atoms with E-state index in [0.29, 0.717) is 0 Å². The molecule has 1 aliphatic carbocycles. The monoisotopic (exact) mass is 327 g/mol. The van der Waals surface area contributed by atoms with Crippen molar-refractivity contribution in [3.05, 3.63) is 34.4 Å². The highest BCUT2D eigenvalue weighted by molar-refractivity contribution is 7.89. The number of benzene rings is 1. The number of nitro benzene ring substituents is 1. The lowest BCUT2D eigenvalue weighted by molar-refractivity contribution is -0.384. The van der Waals surface area contributed by atoms with E-state index < -0.39 is 14.9 Å². The summed E-state index contributed by atoms with van der Waals surface area (Å²) in [6, 6.07) is 4.60. The number of hydrogen-bond acceptors (Lipinski definition) is 5. The lowest BCUT2D eigenvalue weighted by Gasteiger charge is -2.12. The highest BCUT2D eigenvalue weighted by Crippen LogP contribution is 2.17. The molecule has 1 aromatic carbocycles. The molecule has 0 unspecified atom stereocenters. The van der Waals surface area contributed by atoms with Crippen molar-refractivity contribution in [2.45, 2.75) is 36.6 Å². The van der Waals surface area contributed by atoms with Crippen molar-refractivity contribution < 1.29 is 18.1 Å². The molecule has 0 bridgehead atoms. The normalized spacial score (nSPS) is 15.6. The van der Waals surface area contributed by atoms with Crippen molar-refractivity contribution in [3.8, 4) is 0 Å². The van der Waals surface area contributed by atoms with Gasteiger partial charge in [0.15, 0.2) is 0 Å². The number of nitrogens with one attached hydrogen (secondary N) is 2. The van der Waals surface area contributed by atoms with Crippen molar-refractivity contribution in [1.82, 2.24) is 10.0 Å². The third-order valence-electron chi connectivity index (χ3n) is 3.50. The van der Waals surface area contributed by atoms with Crippen molar-refractivity contribution in [2.24, 2.45) is 0 Å². The Labute approximate surface area is 128 Å². The summed E-state index contributed by atoms with van der Waals surface area (Å²) in [6.07, 6.45) is 3.97. The molecule has 0 spiro atoms. The van der Waals surface area contributed by atoms with Gasteiger partial charge in [0.1, 0.15) is 0 Å². The van der Waals surface area contributed by atoms with Gasteiger partial charge in [-0.05, 0) is 25.0 Å². The minimum absolute atomic E-state index is 0.119.